The van der Waals surface area contributed by atoms with Gasteiger partial charge in [-0.3, -0.25) is 17.5 Å². The number of nitrogens with zero attached hydrogens (tertiary/aromatic N) is 1. The fourth-order valence-electron chi connectivity index (χ4n) is 3.52. The first-order valence-corrected chi connectivity index (χ1v) is 22.2. The molecule has 55 heavy (non-hydrogen) atoms. The normalized spacial score (nSPS) is 11.6. The van der Waals surface area contributed by atoms with E-state index in [0.29, 0.717) is 0 Å². The SMILES string of the molecule is O=S(=O)(Cl)c1ccccc1.O=S(=O)(OCC(COS(=O)(=O)c1ccccc1)OS(=O)(=O)c1ccccc1)c1ccccc1.OCC(O)CO.c1ccncc1. The minimum absolute atomic E-state index is 0.136. The summed E-state index contributed by atoms with van der Waals surface area (Å²) < 4.78 is 111. The second kappa shape index (κ2) is 23.7. The number of aliphatic hydroxyl groups is 3. The van der Waals surface area contributed by atoms with E-state index in [1.165, 1.54) is 84.9 Å². The molecular weight excluding hydrogens is 822 g/mol. The van der Waals surface area contributed by atoms with E-state index >= 15 is 0 Å². The summed E-state index contributed by atoms with van der Waals surface area (Å²) in [6, 6.07) is 35.0. The van der Waals surface area contributed by atoms with Crippen LogP contribution in [0.5, 0.6) is 0 Å². The molecule has 0 bridgehead atoms. The summed E-state index contributed by atoms with van der Waals surface area (Å²) in [5.41, 5.74) is 0. The molecule has 0 radical (unpaired) electrons. The Labute approximate surface area is 325 Å². The number of rotatable bonds is 14. The molecule has 0 aliphatic heterocycles. The predicted octanol–water partition coefficient (Wildman–Crippen LogP) is 3.60. The number of halogens is 1. The molecule has 0 atom stereocenters. The van der Waals surface area contributed by atoms with Gasteiger partial charge in [-0.25, -0.2) is 8.42 Å². The minimum atomic E-state index is -4.37. The molecule has 0 spiro atoms. The lowest BCUT2D eigenvalue weighted by atomic mass is 10.4. The van der Waals surface area contributed by atoms with Gasteiger partial charge in [0.15, 0.2) is 0 Å². The van der Waals surface area contributed by atoms with E-state index in [9.17, 15) is 33.7 Å². The van der Waals surface area contributed by atoms with Crippen LogP contribution in [0.25, 0.3) is 0 Å². The summed E-state index contributed by atoms with van der Waals surface area (Å²) >= 11 is 0. The highest BCUT2D eigenvalue weighted by Gasteiger charge is 2.28. The van der Waals surface area contributed by atoms with Gasteiger partial charge >= 0.3 is 0 Å². The summed E-state index contributed by atoms with van der Waals surface area (Å²) in [6.45, 7) is -2.35. The highest BCUT2D eigenvalue weighted by Crippen LogP contribution is 2.19. The van der Waals surface area contributed by atoms with Crippen molar-refractivity contribution in [2.45, 2.75) is 31.8 Å². The van der Waals surface area contributed by atoms with Gasteiger partial charge in [0.2, 0.25) is 0 Å². The molecule has 5 aromatic rings. The number of benzene rings is 4. The van der Waals surface area contributed by atoms with Crippen molar-refractivity contribution in [1.29, 1.82) is 0 Å². The molecule has 1 aromatic heterocycles. The van der Waals surface area contributed by atoms with E-state index < -0.39 is 64.8 Å². The fourth-order valence-corrected chi connectivity index (χ4v) is 7.30. The van der Waals surface area contributed by atoms with Crippen molar-refractivity contribution in [2.75, 3.05) is 26.4 Å². The number of hydrogen-bond donors (Lipinski definition) is 3. The predicted molar refractivity (Wildman–Crippen MR) is 202 cm³/mol. The average molecular weight is 860 g/mol. The lowest BCUT2D eigenvalue weighted by Crippen LogP contribution is -2.31. The van der Waals surface area contributed by atoms with Gasteiger partial charge in [0.25, 0.3) is 39.4 Å². The van der Waals surface area contributed by atoms with E-state index in [4.69, 9.17) is 38.6 Å². The molecule has 0 saturated carbocycles. The number of pyridine rings is 1. The van der Waals surface area contributed by atoms with Crippen molar-refractivity contribution in [3.05, 3.63) is 152 Å². The molecule has 0 aliphatic carbocycles. The summed E-state index contributed by atoms with van der Waals surface area (Å²) in [6.07, 6.45) is 0.956. The molecule has 20 heteroatoms. The molecule has 298 valence electrons. The summed E-state index contributed by atoms with van der Waals surface area (Å²) in [4.78, 5) is 3.40. The zero-order valence-corrected chi connectivity index (χ0v) is 32.7. The Morgan fingerprint density at radius 3 is 1.04 bits per heavy atom. The fraction of sp³-hybridized carbons (Fsp3) is 0.171. The van der Waals surface area contributed by atoms with Gasteiger partial charge in [-0.15, -0.1) is 0 Å². The van der Waals surface area contributed by atoms with Crippen molar-refractivity contribution in [3.8, 4) is 0 Å². The molecule has 0 aliphatic rings. The van der Waals surface area contributed by atoms with Gasteiger partial charge in [0.05, 0.1) is 46.0 Å². The Bertz CT molecular complexity index is 2140. The molecule has 0 saturated heterocycles. The molecule has 5 rings (SSSR count). The molecule has 1 heterocycles. The maximum absolute atomic E-state index is 12.6. The molecule has 0 amide bonds. The van der Waals surface area contributed by atoms with Gasteiger partial charge in [0, 0.05) is 23.1 Å². The molecule has 4 aromatic carbocycles. The summed E-state index contributed by atoms with van der Waals surface area (Å²) in [5, 5.41) is 24.0. The van der Waals surface area contributed by atoms with Crippen LogP contribution >= 0.6 is 10.7 Å². The lowest BCUT2D eigenvalue weighted by Gasteiger charge is -2.18. The first-order valence-electron chi connectivity index (χ1n) is 15.6. The Morgan fingerprint density at radius 1 is 0.491 bits per heavy atom. The van der Waals surface area contributed by atoms with Crippen LogP contribution in [0.4, 0.5) is 0 Å². The average Bonchev–Trinajstić information content (AvgIpc) is 3.21. The van der Waals surface area contributed by atoms with Gasteiger partial charge in [-0.2, -0.15) is 25.3 Å². The second-order valence-corrected chi connectivity index (χ2v) is 17.8. The third kappa shape index (κ3) is 18.4. The third-order valence-electron chi connectivity index (χ3n) is 6.19. The maximum Gasteiger partial charge on any atom is 0.297 e. The first kappa shape index (κ1) is 47.0. The van der Waals surface area contributed by atoms with Gasteiger partial charge in [0.1, 0.15) is 12.2 Å². The molecule has 0 fully saturated rings. The van der Waals surface area contributed by atoms with E-state index in [-0.39, 0.29) is 32.8 Å². The number of aliphatic hydroxyl groups excluding tert-OH is 3. The summed E-state index contributed by atoms with van der Waals surface area (Å²) in [7, 11) is -11.4. The highest BCUT2D eigenvalue weighted by molar-refractivity contribution is 8.13. The van der Waals surface area contributed by atoms with Crippen LogP contribution in [0.15, 0.2) is 172 Å². The minimum Gasteiger partial charge on any atom is -0.394 e. The van der Waals surface area contributed by atoms with Crippen LogP contribution in [0, 0.1) is 0 Å². The van der Waals surface area contributed by atoms with Gasteiger partial charge in [-0.1, -0.05) is 78.9 Å². The van der Waals surface area contributed by atoms with Crippen molar-refractivity contribution in [3.63, 3.8) is 0 Å². The zero-order valence-electron chi connectivity index (χ0n) is 28.7. The van der Waals surface area contributed by atoms with E-state index in [0.717, 1.165) is 0 Å². The standard InChI is InChI=1S/C21H20O9S3.C6H5ClO2S.C5H5N.C3H8O3/c22-31(23,19-10-4-1-5-11-19)28-16-18(30-33(26,27)21-14-8-3-9-15-21)17-29-32(24,25)20-12-6-2-7-13-20;7-10(8,9)6-4-2-1-3-5-6;1-2-4-6-5-3-1;4-1-3(6)2-5/h1-15,18H,16-17H2;1-5H;1-5H;3-6H,1-2H2. The number of aromatic nitrogens is 1. The van der Waals surface area contributed by atoms with Gasteiger partial charge in [-0.05, 0) is 60.7 Å². The van der Waals surface area contributed by atoms with Crippen LogP contribution in [-0.2, 0) is 52.0 Å². The van der Waals surface area contributed by atoms with E-state index in [1.807, 2.05) is 18.2 Å². The van der Waals surface area contributed by atoms with Crippen LogP contribution < -0.4 is 0 Å². The largest absolute Gasteiger partial charge is 0.394 e. The number of hydrogen-bond acceptors (Lipinski definition) is 15. The molecule has 0 unspecified atom stereocenters. The Morgan fingerprint density at radius 2 is 0.800 bits per heavy atom. The van der Waals surface area contributed by atoms with Crippen LogP contribution in [0.1, 0.15) is 0 Å². The Kier molecular flexibility index (Phi) is 20.3. The van der Waals surface area contributed by atoms with E-state index in [2.05, 4.69) is 4.98 Å². The Hall–Kier alpha value is -4.12. The van der Waals surface area contributed by atoms with E-state index in [1.54, 1.807) is 48.8 Å². The molecular formula is C35H38ClNO14S4. The van der Waals surface area contributed by atoms with Crippen molar-refractivity contribution >= 4 is 50.1 Å². The molecule has 15 nitrogen and oxygen atoms in total. The lowest BCUT2D eigenvalue weighted by molar-refractivity contribution is 0.0450. The first-order chi connectivity index (χ1) is 26.0. The molecule has 3 N–H and O–H groups in total. The van der Waals surface area contributed by atoms with Crippen molar-refractivity contribution < 1.29 is 61.5 Å². The third-order valence-corrected chi connectivity index (χ3v) is 11.5. The quantitative estimate of drug-likeness (QED) is 0.107. The second-order valence-electron chi connectivity index (χ2n) is 10.4. The van der Waals surface area contributed by atoms with Crippen molar-refractivity contribution in [2.24, 2.45) is 0 Å². The van der Waals surface area contributed by atoms with Crippen LogP contribution in [0.2, 0.25) is 0 Å². The zero-order chi connectivity index (χ0) is 40.8. The maximum atomic E-state index is 12.6. The highest BCUT2D eigenvalue weighted by atomic mass is 35.7. The summed E-state index contributed by atoms with van der Waals surface area (Å²) in [5.74, 6) is 0. The smallest absolute Gasteiger partial charge is 0.297 e. The van der Waals surface area contributed by atoms with Crippen molar-refractivity contribution in [1.82, 2.24) is 4.98 Å². The van der Waals surface area contributed by atoms with Gasteiger partial charge < -0.3 is 15.3 Å². The Balaban J connectivity index is 0.000000380. The monoisotopic (exact) mass is 859 g/mol. The van der Waals surface area contributed by atoms with Crippen LogP contribution in [-0.4, -0.2) is 92.6 Å². The van der Waals surface area contributed by atoms with Crippen LogP contribution in [0.3, 0.4) is 0 Å². The topological polar surface area (TPSA) is 238 Å².